The molecule has 1 aliphatic heterocycles. The van der Waals surface area contributed by atoms with Crippen LogP contribution in [0.15, 0.2) is 12.4 Å². The van der Waals surface area contributed by atoms with Gasteiger partial charge in [-0.25, -0.2) is 0 Å². The van der Waals surface area contributed by atoms with Crippen LogP contribution in [0.4, 0.5) is 0 Å². The Balaban J connectivity index is 2.12. The zero-order chi connectivity index (χ0) is 34.4. The molecule has 0 N–H and O–H groups in total. The van der Waals surface area contributed by atoms with Crippen molar-refractivity contribution in [3.05, 3.63) is 12.4 Å². The van der Waals surface area contributed by atoms with Gasteiger partial charge in [0.15, 0.2) is 0 Å². The molecule has 0 spiro atoms. The van der Waals surface area contributed by atoms with Crippen molar-refractivity contribution in [1.29, 1.82) is 0 Å². The standard InChI is InChI=1S/C46H92N2/c1-4-7-10-13-16-18-20-22-23-24-25-27-29-31-34-37-40-43-48-45-44-47(46(48)41-38-35-32-15-12-9-6-3)42-39-36-33-30-28-26-21-19-17-14-11-8-5-2/h44-46H,4-43H2,1-3H3. The molecule has 1 rings (SSSR count). The van der Waals surface area contributed by atoms with Crippen molar-refractivity contribution in [3.63, 3.8) is 0 Å². The Kier molecular flexibility index (Phi) is 35.5. The Morgan fingerprint density at radius 3 is 0.729 bits per heavy atom. The van der Waals surface area contributed by atoms with Crippen molar-refractivity contribution in [2.75, 3.05) is 13.1 Å². The summed E-state index contributed by atoms with van der Waals surface area (Å²) in [5.74, 6) is 0. The summed E-state index contributed by atoms with van der Waals surface area (Å²) < 4.78 is 0. The van der Waals surface area contributed by atoms with Crippen LogP contribution in [0.2, 0.25) is 0 Å². The SMILES string of the molecule is CCCCCCCCCCCCCCCCCCCN1C=CN(CCCCCCCCCCCCCCC)C1CCCCCCCCC. The van der Waals surface area contributed by atoms with E-state index >= 15 is 0 Å². The molecule has 0 saturated heterocycles. The van der Waals surface area contributed by atoms with Gasteiger partial charge in [0.2, 0.25) is 0 Å². The first-order valence-electron chi connectivity index (χ1n) is 23.0. The first kappa shape index (κ1) is 45.4. The van der Waals surface area contributed by atoms with E-state index in [-0.39, 0.29) is 0 Å². The molecule has 0 aromatic heterocycles. The summed E-state index contributed by atoms with van der Waals surface area (Å²) in [6.07, 6.45) is 60.4. The number of nitrogens with zero attached hydrogens (tertiary/aromatic N) is 2. The van der Waals surface area contributed by atoms with Gasteiger partial charge in [-0.3, -0.25) is 0 Å². The van der Waals surface area contributed by atoms with Crippen LogP contribution in [-0.4, -0.2) is 29.1 Å². The molecule has 286 valence electrons. The highest BCUT2D eigenvalue weighted by Crippen LogP contribution is 2.24. The van der Waals surface area contributed by atoms with Gasteiger partial charge in [0.25, 0.3) is 0 Å². The Morgan fingerprint density at radius 1 is 0.271 bits per heavy atom. The molecule has 0 saturated carbocycles. The van der Waals surface area contributed by atoms with E-state index in [4.69, 9.17) is 0 Å². The number of hydrogen-bond donors (Lipinski definition) is 0. The maximum absolute atomic E-state index is 2.73. The summed E-state index contributed by atoms with van der Waals surface area (Å²) >= 11 is 0. The van der Waals surface area contributed by atoms with E-state index in [0.717, 1.165) is 0 Å². The second-order valence-corrected chi connectivity index (χ2v) is 16.1. The van der Waals surface area contributed by atoms with E-state index in [1.165, 1.54) is 257 Å². The van der Waals surface area contributed by atoms with Crippen LogP contribution in [0, 0.1) is 0 Å². The molecule has 0 aromatic carbocycles. The molecule has 1 atom stereocenters. The fourth-order valence-corrected chi connectivity index (χ4v) is 7.95. The molecular weight excluding hydrogens is 581 g/mol. The normalized spacial score (nSPS) is 14.6. The quantitative estimate of drug-likeness (QED) is 0.0598. The summed E-state index contributed by atoms with van der Waals surface area (Å²) in [5, 5.41) is 0. The topological polar surface area (TPSA) is 6.48 Å². The number of hydrogen-bond acceptors (Lipinski definition) is 2. The molecule has 1 unspecified atom stereocenters. The first-order chi connectivity index (χ1) is 23.8. The molecule has 0 aliphatic carbocycles. The zero-order valence-electron chi connectivity index (χ0n) is 33.9. The third-order valence-corrected chi connectivity index (χ3v) is 11.3. The monoisotopic (exact) mass is 673 g/mol. The van der Waals surface area contributed by atoms with Gasteiger partial charge in [-0.1, -0.05) is 239 Å². The molecule has 1 aliphatic rings. The second-order valence-electron chi connectivity index (χ2n) is 16.1. The molecule has 2 nitrogen and oxygen atoms in total. The van der Waals surface area contributed by atoms with Crippen LogP contribution in [0.5, 0.6) is 0 Å². The highest BCUT2D eigenvalue weighted by atomic mass is 15.4. The molecule has 0 bridgehead atoms. The van der Waals surface area contributed by atoms with E-state index < -0.39 is 0 Å². The minimum absolute atomic E-state index is 0.638. The fraction of sp³-hybridized carbons (Fsp3) is 0.957. The van der Waals surface area contributed by atoms with E-state index in [9.17, 15) is 0 Å². The zero-order valence-corrected chi connectivity index (χ0v) is 33.9. The Labute approximate surface area is 305 Å². The van der Waals surface area contributed by atoms with Gasteiger partial charge < -0.3 is 9.80 Å². The predicted octanol–water partition coefficient (Wildman–Crippen LogP) is 16.3. The molecule has 2 heteroatoms. The van der Waals surface area contributed by atoms with Crippen molar-refractivity contribution >= 4 is 0 Å². The van der Waals surface area contributed by atoms with Crippen LogP contribution in [0.3, 0.4) is 0 Å². The molecular formula is C46H92N2. The van der Waals surface area contributed by atoms with Crippen molar-refractivity contribution < 1.29 is 0 Å². The minimum atomic E-state index is 0.638. The lowest BCUT2D eigenvalue weighted by molar-refractivity contribution is 0.135. The van der Waals surface area contributed by atoms with Crippen molar-refractivity contribution in [2.24, 2.45) is 0 Å². The highest BCUT2D eigenvalue weighted by Gasteiger charge is 2.24. The molecule has 48 heavy (non-hydrogen) atoms. The second kappa shape index (κ2) is 37.6. The van der Waals surface area contributed by atoms with Gasteiger partial charge in [-0.15, -0.1) is 0 Å². The van der Waals surface area contributed by atoms with E-state index in [1.54, 1.807) is 0 Å². The predicted molar refractivity (Wildman–Crippen MR) is 219 cm³/mol. The lowest BCUT2D eigenvalue weighted by atomic mass is 10.0. The van der Waals surface area contributed by atoms with Crippen LogP contribution in [0.1, 0.15) is 265 Å². The van der Waals surface area contributed by atoms with Crippen molar-refractivity contribution in [2.45, 2.75) is 271 Å². The van der Waals surface area contributed by atoms with Crippen molar-refractivity contribution in [3.8, 4) is 0 Å². The smallest absolute Gasteiger partial charge is 0.101 e. The molecule has 0 aromatic rings. The van der Waals surface area contributed by atoms with Gasteiger partial charge in [0.1, 0.15) is 6.17 Å². The Hall–Kier alpha value is -0.660. The summed E-state index contributed by atoms with van der Waals surface area (Å²) in [7, 11) is 0. The maximum atomic E-state index is 2.73. The summed E-state index contributed by atoms with van der Waals surface area (Å²) in [5.41, 5.74) is 0. The summed E-state index contributed by atoms with van der Waals surface area (Å²) in [6, 6.07) is 0. The van der Waals surface area contributed by atoms with Gasteiger partial charge in [-0.2, -0.15) is 0 Å². The van der Waals surface area contributed by atoms with Gasteiger partial charge in [0.05, 0.1) is 0 Å². The van der Waals surface area contributed by atoms with Gasteiger partial charge >= 0.3 is 0 Å². The van der Waals surface area contributed by atoms with Crippen LogP contribution in [0.25, 0.3) is 0 Å². The average Bonchev–Trinajstić information content (AvgIpc) is 3.48. The maximum Gasteiger partial charge on any atom is 0.101 e. The molecule has 0 amide bonds. The largest absolute Gasteiger partial charge is 0.356 e. The lowest BCUT2D eigenvalue weighted by Crippen LogP contribution is -2.39. The van der Waals surface area contributed by atoms with Crippen molar-refractivity contribution in [1.82, 2.24) is 9.80 Å². The lowest BCUT2D eigenvalue weighted by Gasteiger charge is -2.33. The van der Waals surface area contributed by atoms with E-state index in [0.29, 0.717) is 6.17 Å². The van der Waals surface area contributed by atoms with E-state index in [2.05, 4.69) is 43.0 Å². The van der Waals surface area contributed by atoms with Gasteiger partial charge in [0, 0.05) is 25.5 Å². The Morgan fingerprint density at radius 2 is 0.479 bits per heavy atom. The van der Waals surface area contributed by atoms with Crippen LogP contribution in [-0.2, 0) is 0 Å². The minimum Gasteiger partial charge on any atom is -0.356 e. The average molecular weight is 673 g/mol. The third-order valence-electron chi connectivity index (χ3n) is 11.3. The van der Waals surface area contributed by atoms with E-state index in [1.807, 2.05) is 0 Å². The van der Waals surface area contributed by atoms with Crippen LogP contribution >= 0.6 is 0 Å². The van der Waals surface area contributed by atoms with Crippen LogP contribution < -0.4 is 0 Å². The molecule has 0 fully saturated rings. The molecule has 1 heterocycles. The third kappa shape index (κ3) is 29.1. The highest BCUT2D eigenvalue weighted by molar-refractivity contribution is 4.97. The first-order valence-corrected chi connectivity index (χ1v) is 23.0. The Bertz CT molecular complexity index is 630. The molecule has 0 radical (unpaired) electrons. The fourth-order valence-electron chi connectivity index (χ4n) is 7.95. The summed E-state index contributed by atoms with van der Waals surface area (Å²) in [6.45, 7) is 9.49. The van der Waals surface area contributed by atoms with Gasteiger partial charge in [-0.05, 0) is 25.7 Å². The number of unbranched alkanes of at least 4 members (excludes halogenated alkanes) is 34. The summed E-state index contributed by atoms with van der Waals surface area (Å²) in [4.78, 5) is 5.45. The number of rotatable bonds is 40.